The summed E-state index contributed by atoms with van der Waals surface area (Å²) in [4.78, 5) is 0. The third kappa shape index (κ3) is 5.46. The molecule has 0 aliphatic carbocycles. The zero-order valence-corrected chi connectivity index (χ0v) is 21.9. The fourth-order valence-electron chi connectivity index (χ4n) is 1.75. The second kappa shape index (κ2) is 9.74. The predicted octanol–water partition coefficient (Wildman–Crippen LogP) is 8.36. The molecule has 2 aromatic rings. The number of ether oxygens (including phenoxy) is 2. The van der Waals surface area contributed by atoms with E-state index in [9.17, 15) is 0 Å². The van der Waals surface area contributed by atoms with Crippen molar-refractivity contribution in [3.05, 3.63) is 51.1 Å². The van der Waals surface area contributed by atoms with Crippen LogP contribution in [0, 0.1) is 5.92 Å². The lowest BCUT2D eigenvalue weighted by atomic mass is 10.2. The van der Waals surface area contributed by atoms with Gasteiger partial charge < -0.3 is 9.47 Å². The SMILES string of the molecule is CC(COc1ccc(Br)c(Br)c1Br)COc1ccc(Br)c(Br)c1Br. The van der Waals surface area contributed by atoms with Crippen LogP contribution in [-0.2, 0) is 0 Å². The molecule has 2 rings (SSSR count). The zero-order valence-electron chi connectivity index (χ0n) is 12.4. The maximum atomic E-state index is 5.89. The van der Waals surface area contributed by atoms with Crippen molar-refractivity contribution >= 4 is 95.6 Å². The minimum absolute atomic E-state index is 0.230. The van der Waals surface area contributed by atoms with E-state index in [0.717, 1.165) is 38.3 Å². The van der Waals surface area contributed by atoms with Crippen molar-refractivity contribution in [3.63, 3.8) is 0 Å². The van der Waals surface area contributed by atoms with Crippen molar-refractivity contribution < 1.29 is 9.47 Å². The summed E-state index contributed by atoms with van der Waals surface area (Å²) in [6.45, 7) is 3.20. The summed E-state index contributed by atoms with van der Waals surface area (Å²) in [5.74, 6) is 1.82. The van der Waals surface area contributed by atoms with Crippen molar-refractivity contribution in [1.29, 1.82) is 0 Å². The molecule has 0 unspecified atom stereocenters. The zero-order chi connectivity index (χ0) is 17.9. The second-order valence-corrected chi connectivity index (χ2v) is 9.95. The number of benzene rings is 2. The number of hydrogen-bond acceptors (Lipinski definition) is 2. The molecule has 0 saturated carbocycles. The molecular formula is C16H12Br6O2. The lowest BCUT2D eigenvalue weighted by Gasteiger charge is -2.17. The highest BCUT2D eigenvalue weighted by atomic mass is 79.9. The summed E-state index contributed by atoms with van der Waals surface area (Å²) < 4.78 is 17.4. The van der Waals surface area contributed by atoms with E-state index < -0.39 is 0 Å². The standard InChI is InChI=1S/C16H12Br6O2/c1-8(6-23-11-4-2-9(17)13(19)15(11)21)7-24-12-5-3-10(18)14(20)16(12)22/h2-5,8H,6-7H2,1H3. The summed E-state index contributed by atoms with van der Waals surface area (Å²) in [6.07, 6.45) is 0. The minimum atomic E-state index is 0.230. The van der Waals surface area contributed by atoms with Crippen LogP contribution >= 0.6 is 95.6 Å². The van der Waals surface area contributed by atoms with Crippen LogP contribution < -0.4 is 9.47 Å². The van der Waals surface area contributed by atoms with Crippen LogP contribution in [0.4, 0.5) is 0 Å². The van der Waals surface area contributed by atoms with Crippen LogP contribution in [0.5, 0.6) is 11.5 Å². The molecule has 0 spiro atoms. The molecule has 0 aromatic heterocycles. The van der Waals surface area contributed by atoms with Crippen molar-refractivity contribution in [2.75, 3.05) is 13.2 Å². The molecule has 0 fully saturated rings. The Bertz CT molecular complexity index is 673. The van der Waals surface area contributed by atoms with E-state index in [0.29, 0.717) is 13.2 Å². The van der Waals surface area contributed by atoms with Gasteiger partial charge in [-0.3, -0.25) is 0 Å². The van der Waals surface area contributed by atoms with E-state index in [4.69, 9.17) is 9.47 Å². The summed E-state index contributed by atoms with van der Waals surface area (Å²) in [5, 5.41) is 0. The van der Waals surface area contributed by atoms with Crippen LogP contribution in [0.1, 0.15) is 6.92 Å². The van der Waals surface area contributed by atoms with Gasteiger partial charge in [-0.25, -0.2) is 0 Å². The molecule has 0 bridgehead atoms. The molecule has 2 aromatic carbocycles. The van der Waals surface area contributed by atoms with Crippen molar-refractivity contribution in [2.45, 2.75) is 6.92 Å². The van der Waals surface area contributed by atoms with E-state index in [2.05, 4.69) is 103 Å². The summed E-state index contributed by atoms with van der Waals surface area (Å²) in [5.41, 5.74) is 0. The molecule has 0 aliphatic heterocycles. The van der Waals surface area contributed by atoms with Crippen LogP contribution in [0.15, 0.2) is 51.1 Å². The first-order chi connectivity index (χ1) is 11.3. The average Bonchev–Trinajstić information content (AvgIpc) is 2.56. The first kappa shape index (κ1) is 21.2. The first-order valence-electron chi connectivity index (χ1n) is 6.83. The first-order valence-corrected chi connectivity index (χ1v) is 11.6. The normalized spacial score (nSPS) is 11.0. The largest absolute Gasteiger partial charge is 0.492 e. The lowest BCUT2D eigenvalue weighted by Crippen LogP contribution is -2.17. The van der Waals surface area contributed by atoms with E-state index >= 15 is 0 Å². The number of hydrogen-bond donors (Lipinski definition) is 0. The Hall–Kier alpha value is 0.920. The van der Waals surface area contributed by atoms with Gasteiger partial charge in [-0.05, 0) is 120 Å². The van der Waals surface area contributed by atoms with Crippen LogP contribution in [0.3, 0.4) is 0 Å². The van der Waals surface area contributed by atoms with Crippen LogP contribution in [0.2, 0.25) is 0 Å². The Labute approximate surface area is 191 Å². The van der Waals surface area contributed by atoms with Gasteiger partial charge in [-0.1, -0.05) is 6.92 Å². The third-order valence-electron chi connectivity index (χ3n) is 3.05. The topological polar surface area (TPSA) is 18.5 Å². The highest BCUT2D eigenvalue weighted by molar-refractivity contribution is 9.15. The molecule has 0 saturated heterocycles. The number of halogens is 6. The molecule has 130 valence electrons. The summed E-state index contributed by atoms with van der Waals surface area (Å²) >= 11 is 21.0. The highest BCUT2D eigenvalue weighted by Gasteiger charge is 2.13. The number of rotatable bonds is 6. The molecule has 24 heavy (non-hydrogen) atoms. The molecule has 2 nitrogen and oxygen atoms in total. The smallest absolute Gasteiger partial charge is 0.134 e. The Balaban J connectivity index is 1.92. The van der Waals surface area contributed by atoms with Gasteiger partial charge in [0.15, 0.2) is 0 Å². The molecule has 0 amide bonds. The van der Waals surface area contributed by atoms with E-state index in [-0.39, 0.29) is 5.92 Å². The molecule has 0 aliphatic rings. The monoisotopic (exact) mass is 710 g/mol. The third-order valence-corrected chi connectivity index (χ3v) is 9.72. The quantitative estimate of drug-likeness (QED) is 0.280. The molecule has 0 heterocycles. The molecular weight excluding hydrogens is 704 g/mol. The molecule has 8 heteroatoms. The van der Waals surface area contributed by atoms with Crippen molar-refractivity contribution in [1.82, 2.24) is 0 Å². The van der Waals surface area contributed by atoms with Gasteiger partial charge in [0.2, 0.25) is 0 Å². The van der Waals surface area contributed by atoms with Crippen molar-refractivity contribution in [2.24, 2.45) is 5.92 Å². The van der Waals surface area contributed by atoms with Gasteiger partial charge in [0, 0.05) is 23.8 Å². The van der Waals surface area contributed by atoms with E-state index in [1.165, 1.54) is 0 Å². The highest BCUT2D eigenvalue weighted by Crippen LogP contribution is 2.39. The maximum Gasteiger partial charge on any atom is 0.134 e. The lowest BCUT2D eigenvalue weighted by molar-refractivity contribution is 0.187. The van der Waals surface area contributed by atoms with Gasteiger partial charge >= 0.3 is 0 Å². The van der Waals surface area contributed by atoms with Gasteiger partial charge in [-0.2, -0.15) is 0 Å². The average molecular weight is 716 g/mol. The van der Waals surface area contributed by atoms with Crippen LogP contribution in [0.25, 0.3) is 0 Å². The molecule has 0 radical (unpaired) electrons. The van der Waals surface area contributed by atoms with Crippen molar-refractivity contribution in [3.8, 4) is 11.5 Å². The maximum absolute atomic E-state index is 5.89. The fraction of sp³-hybridized carbons (Fsp3) is 0.250. The Morgan fingerprint density at radius 2 is 1.04 bits per heavy atom. The van der Waals surface area contributed by atoms with Gasteiger partial charge in [0.1, 0.15) is 11.5 Å². The summed E-state index contributed by atoms with van der Waals surface area (Å²) in [7, 11) is 0. The Morgan fingerprint density at radius 3 is 1.42 bits per heavy atom. The fourth-order valence-corrected chi connectivity index (χ4v) is 4.52. The predicted molar refractivity (Wildman–Crippen MR) is 119 cm³/mol. The van der Waals surface area contributed by atoms with Crippen LogP contribution in [-0.4, -0.2) is 13.2 Å². The molecule has 0 atom stereocenters. The van der Waals surface area contributed by atoms with Gasteiger partial charge in [-0.15, -0.1) is 0 Å². The minimum Gasteiger partial charge on any atom is -0.492 e. The van der Waals surface area contributed by atoms with Gasteiger partial charge in [0.05, 0.1) is 22.2 Å². The van der Waals surface area contributed by atoms with E-state index in [1.54, 1.807) is 0 Å². The Morgan fingerprint density at radius 1 is 0.667 bits per heavy atom. The molecule has 0 N–H and O–H groups in total. The summed E-state index contributed by atoms with van der Waals surface area (Å²) in [6, 6.07) is 7.74. The van der Waals surface area contributed by atoms with Gasteiger partial charge in [0.25, 0.3) is 0 Å². The van der Waals surface area contributed by atoms with E-state index in [1.807, 2.05) is 24.3 Å². The second-order valence-electron chi connectivity index (χ2n) is 5.07. The Kier molecular flexibility index (Phi) is 8.61.